The van der Waals surface area contributed by atoms with E-state index in [0.717, 1.165) is 6.04 Å². The quantitative estimate of drug-likeness (QED) is 0.556. The fourth-order valence-corrected chi connectivity index (χ4v) is 0.620. The van der Waals surface area contributed by atoms with E-state index in [-0.39, 0.29) is 0 Å². The van der Waals surface area contributed by atoms with Crippen molar-refractivity contribution in [2.45, 2.75) is 26.8 Å². The molecule has 1 fully saturated rings. The molecule has 12 heavy (non-hydrogen) atoms. The van der Waals surface area contributed by atoms with Gasteiger partial charge in [-0.1, -0.05) is 0 Å². The van der Waals surface area contributed by atoms with Crippen LogP contribution in [-0.2, 0) is 4.79 Å². The first-order chi connectivity index (χ1) is 5.41. The molecule has 0 amide bonds. The molecule has 0 aromatic heterocycles. The average molecular weight is 169 g/mol. The van der Waals surface area contributed by atoms with Gasteiger partial charge in [-0.2, -0.15) is 0 Å². The average Bonchev–Trinajstić information content (AvgIpc) is 2.37. The molecule has 2 aliphatic rings. The first kappa shape index (κ1) is 9.10. The second-order valence-corrected chi connectivity index (χ2v) is 4.16. The van der Waals surface area contributed by atoms with Crippen LogP contribution in [0.15, 0.2) is 12.3 Å². The minimum Gasteiger partial charge on any atom is -0.481 e. The topological polar surface area (TPSA) is 40.3 Å². The first-order valence-electron chi connectivity index (χ1n) is 4.09. The number of carbonyl (C=O) groups is 1. The van der Waals surface area contributed by atoms with Gasteiger partial charge in [0.25, 0.3) is 0 Å². The molecule has 2 rings (SSSR count). The Morgan fingerprint density at radius 2 is 2.00 bits per heavy atom. The van der Waals surface area contributed by atoms with E-state index < -0.39 is 11.4 Å². The minimum absolute atomic E-state index is 0.583. The minimum atomic E-state index is -0.757. The third kappa shape index (κ3) is 2.26. The fourth-order valence-electron chi connectivity index (χ4n) is 0.620. The van der Waals surface area contributed by atoms with Crippen molar-refractivity contribution in [3.63, 3.8) is 0 Å². The summed E-state index contributed by atoms with van der Waals surface area (Å²) in [5.41, 5.74) is -0.583. The monoisotopic (exact) mass is 169 g/mol. The number of aliphatic carboxylic acids is 1. The molecule has 0 saturated carbocycles. The van der Waals surface area contributed by atoms with Crippen molar-refractivity contribution in [2.24, 2.45) is 5.41 Å². The molecule has 0 aromatic carbocycles. The highest BCUT2D eigenvalue weighted by molar-refractivity contribution is 5.72. The molecule has 68 valence electrons. The molecule has 1 atom stereocenters. The van der Waals surface area contributed by atoms with Crippen molar-refractivity contribution in [1.82, 2.24) is 4.90 Å². The van der Waals surface area contributed by atoms with E-state index >= 15 is 0 Å². The Bertz CT molecular complexity index is 205. The lowest BCUT2D eigenvalue weighted by Gasteiger charge is -2.08. The SMILES string of the molecule is C1=CN2CC12.CC(C)(C)C(=O)O. The second-order valence-electron chi connectivity index (χ2n) is 4.16. The van der Waals surface area contributed by atoms with E-state index in [2.05, 4.69) is 17.2 Å². The highest BCUT2D eigenvalue weighted by Gasteiger charge is 2.34. The summed E-state index contributed by atoms with van der Waals surface area (Å²) >= 11 is 0. The first-order valence-corrected chi connectivity index (χ1v) is 4.09. The lowest BCUT2D eigenvalue weighted by Crippen LogP contribution is -2.18. The van der Waals surface area contributed by atoms with E-state index in [4.69, 9.17) is 5.11 Å². The van der Waals surface area contributed by atoms with Gasteiger partial charge in [0.15, 0.2) is 0 Å². The summed E-state index contributed by atoms with van der Waals surface area (Å²) in [5.74, 6) is -0.757. The van der Waals surface area contributed by atoms with Gasteiger partial charge in [-0.3, -0.25) is 4.79 Å². The Labute approximate surface area is 72.7 Å². The number of carboxylic acids is 1. The Hall–Kier alpha value is -0.990. The standard InChI is InChI=1S/C5H10O2.C4H5N/c1-5(2,3)4(6)7;1-2-5-3-4(1)5/h1-3H3,(H,6,7);1-2,4H,3H2. The molecule has 0 aromatic rings. The molecule has 1 N–H and O–H groups in total. The Kier molecular flexibility index (Phi) is 2.13. The maximum Gasteiger partial charge on any atom is 0.308 e. The predicted molar refractivity (Wildman–Crippen MR) is 46.7 cm³/mol. The van der Waals surface area contributed by atoms with Crippen LogP contribution in [0.3, 0.4) is 0 Å². The number of fused-ring (bicyclic) bond motifs is 1. The van der Waals surface area contributed by atoms with Crippen LogP contribution in [0.25, 0.3) is 0 Å². The molecule has 0 aliphatic carbocycles. The van der Waals surface area contributed by atoms with Crippen molar-refractivity contribution in [3.8, 4) is 0 Å². The Balaban J connectivity index is 0.000000123. The summed E-state index contributed by atoms with van der Waals surface area (Å²) in [5, 5.41) is 8.25. The molecule has 2 aliphatic heterocycles. The summed E-state index contributed by atoms with van der Waals surface area (Å²) in [6, 6.07) is 0.884. The smallest absolute Gasteiger partial charge is 0.308 e. The van der Waals surface area contributed by atoms with Crippen LogP contribution >= 0.6 is 0 Å². The van der Waals surface area contributed by atoms with Crippen LogP contribution in [0.5, 0.6) is 0 Å². The number of rotatable bonds is 0. The third-order valence-corrected chi connectivity index (χ3v) is 1.83. The lowest BCUT2D eigenvalue weighted by atomic mass is 9.98. The molecule has 3 nitrogen and oxygen atoms in total. The largest absolute Gasteiger partial charge is 0.481 e. The number of hydrogen-bond acceptors (Lipinski definition) is 2. The zero-order chi connectivity index (χ0) is 9.35. The van der Waals surface area contributed by atoms with Gasteiger partial charge in [0.2, 0.25) is 0 Å². The molecule has 0 spiro atoms. The maximum absolute atomic E-state index is 10.0. The van der Waals surface area contributed by atoms with Gasteiger partial charge in [-0.25, -0.2) is 0 Å². The summed E-state index contributed by atoms with van der Waals surface area (Å²) in [6.45, 7) is 6.29. The van der Waals surface area contributed by atoms with Gasteiger partial charge in [-0.15, -0.1) is 0 Å². The van der Waals surface area contributed by atoms with Crippen molar-refractivity contribution >= 4 is 5.97 Å². The van der Waals surface area contributed by atoms with Gasteiger partial charge >= 0.3 is 5.97 Å². The summed E-state index contributed by atoms with van der Waals surface area (Å²) in [7, 11) is 0. The second kappa shape index (κ2) is 2.81. The molecule has 0 bridgehead atoms. The Morgan fingerprint density at radius 1 is 1.58 bits per heavy atom. The van der Waals surface area contributed by atoms with Gasteiger partial charge in [0.05, 0.1) is 11.5 Å². The lowest BCUT2D eigenvalue weighted by molar-refractivity contribution is -0.145. The summed E-state index contributed by atoms with van der Waals surface area (Å²) < 4.78 is 0. The van der Waals surface area contributed by atoms with Crippen molar-refractivity contribution in [3.05, 3.63) is 12.3 Å². The van der Waals surface area contributed by atoms with Gasteiger partial charge in [-0.05, 0) is 33.0 Å². The van der Waals surface area contributed by atoms with Gasteiger partial charge < -0.3 is 10.0 Å². The Morgan fingerprint density at radius 3 is 2.00 bits per heavy atom. The summed E-state index contributed by atoms with van der Waals surface area (Å²) in [6.07, 6.45) is 4.35. The van der Waals surface area contributed by atoms with Crippen LogP contribution in [0.4, 0.5) is 0 Å². The number of carboxylic acid groups (broad SMARTS) is 1. The van der Waals surface area contributed by atoms with E-state index in [1.54, 1.807) is 20.8 Å². The maximum atomic E-state index is 10.0. The highest BCUT2D eigenvalue weighted by atomic mass is 16.4. The van der Waals surface area contributed by atoms with E-state index in [1.807, 2.05) is 0 Å². The van der Waals surface area contributed by atoms with E-state index in [1.165, 1.54) is 6.54 Å². The zero-order valence-electron chi connectivity index (χ0n) is 7.74. The summed E-state index contributed by atoms with van der Waals surface area (Å²) in [4.78, 5) is 12.3. The van der Waals surface area contributed by atoms with Crippen LogP contribution in [0, 0.1) is 5.41 Å². The van der Waals surface area contributed by atoms with Crippen LogP contribution in [0.1, 0.15) is 20.8 Å². The van der Waals surface area contributed by atoms with Crippen LogP contribution in [0.2, 0.25) is 0 Å². The predicted octanol–water partition coefficient (Wildman–Crippen LogP) is 1.31. The number of hydrogen-bond donors (Lipinski definition) is 1. The van der Waals surface area contributed by atoms with Gasteiger partial charge in [0, 0.05) is 6.54 Å². The van der Waals surface area contributed by atoms with Crippen LogP contribution in [-0.4, -0.2) is 28.6 Å². The van der Waals surface area contributed by atoms with Gasteiger partial charge in [0.1, 0.15) is 0 Å². The molecule has 3 heteroatoms. The number of nitrogens with zero attached hydrogens (tertiary/aromatic N) is 1. The van der Waals surface area contributed by atoms with Crippen molar-refractivity contribution < 1.29 is 9.90 Å². The zero-order valence-corrected chi connectivity index (χ0v) is 7.74. The molecular formula is C9H15NO2. The van der Waals surface area contributed by atoms with Crippen LogP contribution < -0.4 is 0 Å². The molecule has 1 saturated heterocycles. The normalized spacial score (nSPS) is 23.2. The van der Waals surface area contributed by atoms with E-state index in [0.29, 0.717) is 0 Å². The fraction of sp³-hybridized carbons (Fsp3) is 0.667. The van der Waals surface area contributed by atoms with E-state index in [9.17, 15) is 4.79 Å². The van der Waals surface area contributed by atoms with Crippen molar-refractivity contribution in [2.75, 3.05) is 6.54 Å². The third-order valence-electron chi connectivity index (χ3n) is 1.83. The molecule has 1 unspecified atom stereocenters. The molecular weight excluding hydrogens is 154 g/mol. The molecule has 0 radical (unpaired) electrons. The van der Waals surface area contributed by atoms with Crippen molar-refractivity contribution in [1.29, 1.82) is 0 Å². The highest BCUT2D eigenvalue weighted by Crippen LogP contribution is 2.27. The molecule has 2 heterocycles.